The fourth-order valence-corrected chi connectivity index (χ4v) is 1.69. The summed E-state index contributed by atoms with van der Waals surface area (Å²) in [7, 11) is 0. The third-order valence-electron chi connectivity index (χ3n) is 2.37. The summed E-state index contributed by atoms with van der Waals surface area (Å²) in [6.45, 7) is 3.44. The van der Waals surface area contributed by atoms with Crippen molar-refractivity contribution in [1.82, 2.24) is 4.90 Å². The molecule has 0 spiro atoms. The molecule has 1 aliphatic heterocycles. The van der Waals surface area contributed by atoms with Crippen LogP contribution in [0.4, 0.5) is 0 Å². The van der Waals surface area contributed by atoms with Crippen molar-refractivity contribution in [3.05, 3.63) is 0 Å². The fraction of sp³-hybridized carbons (Fsp3) is 0.875. The van der Waals surface area contributed by atoms with Crippen molar-refractivity contribution in [2.24, 2.45) is 5.73 Å². The van der Waals surface area contributed by atoms with Crippen LogP contribution in [0.2, 0.25) is 0 Å². The number of carboxylic acids is 1. The number of aliphatic carboxylic acids is 1. The number of hydrogen-bond donors (Lipinski definition) is 2. The molecule has 0 saturated carbocycles. The van der Waals surface area contributed by atoms with Crippen molar-refractivity contribution in [2.45, 2.75) is 31.8 Å². The van der Waals surface area contributed by atoms with Crippen LogP contribution in [0.25, 0.3) is 0 Å². The molecule has 0 radical (unpaired) electrons. The predicted octanol–water partition coefficient (Wildman–Crippen LogP) is -0.117. The molecule has 12 heavy (non-hydrogen) atoms. The van der Waals surface area contributed by atoms with Gasteiger partial charge in [0.25, 0.3) is 0 Å². The number of carbonyl (C=O) groups is 1. The molecule has 0 amide bonds. The highest BCUT2D eigenvalue weighted by molar-refractivity contribution is 5.73. The van der Waals surface area contributed by atoms with Gasteiger partial charge in [-0.25, -0.2) is 0 Å². The molecule has 1 rings (SSSR count). The van der Waals surface area contributed by atoms with Gasteiger partial charge in [-0.05, 0) is 12.8 Å². The van der Waals surface area contributed by atoms with Crippen LogP contribution in [0.1, 0.15) is 19.8 Å². The molecule has 1 unspecified atom stereocenters. The summed E-state index contributed by atoms with van der Waals surface area (Å²) in [6.07, 6.45) is 1.58. The maximum Gasteiger partial charge on any atom is 0.320 e. The van der Waals surface area contributed by atoms with E-state index >= 15 is 0 Å². The molecular weight excluding hydrogens is 156 g/mol. The normalized spacial score (nSPS) is 27.3. The third kappa shape index (κ3) is 1.95. The van der Waals surface area contributed by atoms with Crippen LogP contribution in [0.15, 0.2) is 0 Å². The van der Waals surface area contributed by atoms with Crippen molar-refractivity contribution in [1.29, 1.82) is 0 Å². The topological polar surface area (TPSA) is 66.6 Å². The summed E-state index contributed by atoms with van der Waals surface area (Å²) < 4.78 is 0. The van der Waals surface area contributed by atoms with E-state index in [1.165, 1.54) is 0 Å². The molecule has 1 saturated heterocycles. The monoisotopic (exact) mass is 172 g/mol. The zero-order valence-corrected chi connectivity index (χ0v) is 7.36. The first-order chi connectivity index (χ1) is 5.65. The Balaban J connectivity index is 2.49. The molecule has 4 heteroatoms. The first-order valence-electron chi connectivity index (χ1n) is 4.37. The van der Waals surface area contributed by atoms with E-state index < -0.39 is 5.97 Å². The van der Waals surface area contributed by atoms with Gasteiger partial charge in [0.15, 0.2) is 0 Å². The highest BCUT2D eigenvalue weighted by Crippen LogP contribution is 2.13. The maximum absolute atomic E-state index is 10.7. The van der Waals surface area contributed by atoms with Gasteiger partial charge < -0.3 is 10.8 Å². The summed E-state index contributed by atoms with van der Waals surface area (Å²) >= 11 is 0. The van der Waals surface area contributed by atoms with Gasteiger partial charge in [-0.3, -0.25) is 9.69 Å². The molecule has 0 aliphatic carbocycles. The van der Waals surface area contributed by atoms with Gasteiger partial charge in [0.05, 0.1) is 0 Å². The second kappa shape index (κ2) is 3.87. The average Bonchev–Trinajstić information content (AvgIpc) is 2.37. The van der Waals surface area contributed by atoms with Gasteiger partial charge in [0.2, 0.25) is 0 Å². The van der Waals surface area contributed by atoms with Gasteiger partial charge in [-0.1, -0.05) is 6.92 Å². The minimum Gasteiger partial charge on any atom is -0.480 e. The van der Waals surface area contributed by atoms with Crippen LogP contribution in [0, 0.1) is 0 Å². The Morgan fingerprint density at radius 2 is 2.50 bits per heavy atom. The Bertz CT molecular complexity index is 172. The van der Waals surface area contributed by atoms with Gasteiger partial charge >= 0.3 is 5.97 Å². The van der Waals surface area contributed by atoms with Gasteiger partial charge in [0, 0.05) is 19.1 Å². The quantitative estimate of drug-likeness (QED) is 0.623. The van der Waals surface area contributed by atoms with E-state index in [4.69, 9.17) is 10.8 Å². The molecule has 3 N–H and O–H groups in total. The standard InChI is InChI=1S/C8H16N2O2/c1-2-7(8(11)12)10-4-3-6(9)5-10/h6-7H,2-5,9H2,1H3,(H,11,12)/t6-,7?/m1/s1. The zero-order valence-electron chi connectivity index (χ0n) is 7.36. The lowest BCUT2D eigenvalue weighted by Gasteiger charge is -2.22. The Kier molecular flexibility index (Phi) is 3.05. The van der Waals surface area contributed by atoms with Crippen LogP contribution in [0.3, 0.4) is 0 Å². The molecule has 70 valence electrons. The minimum atomic E-state index is -0.730. The zero-order chi connectivity index (χ0) is 9.14. The Labute approximate surface area is 72.3 Å². The third-order valence-corrected chi connectivity index (χ3v) is 2.37. The lowest BCUT2D eigenvalue weighted by molar-refractivity contribution is -0.143. The Morgan fingerprint density at radius 3 is 2.83 bits per heavy atom. The van der Waals surface area contributed by atoms with E-state index in [1.807, 2.05) is 11.8 Å². The first-order valence-corrected chi connectivity index (χ1v) is 4.37. The summed E-state index contributed by atoms with van der Waals surface area (Å²) in [5.41, 5.74) is 5.68. The second-order valence-electron chi connectivity index (χ2n) is 3.31. The predicted molar refractivity (Wildman–Crippen MR) is 45.9 cm³/mol. The van der Waals surface area contributed by atoms with E-state index in [1.54, 1.807) is 0 Å². The van der Waals surface area contributed by atoms with E-state index in [0.29, 0.717) is 6.42 Å². The van der Waals surface area contributed by atoms with E-state index in [9.17, 15) is 4.79 Å². The maximum atomic E-state index is 10.7. The smallest absolute Gasteiger partial charge is 0.320 e. The van der Waals surface area contributed by atoms with Crippen LogP contribution in [-0.2, 0) is 4.79 Å². The SMILES string of the molecule is CCC(C(=O)O)N1CC[C@@H](N)C1. The number of hydrogen-bond acceptors (Lipinski definition) is 3. The molecule has 1 fully saturated rings. The molecule has 0 aromatic rings. The summed E-state index contributed by atoms with van der Waals surface area (Å²) in [4.78, 5) is 12.7. The number of rotatable bonds is 3. The first kappa shape index (κ1) is 9.48. The molecule has 4 nitrogen and oxygen atoms in total. The van der Waals surface area contributed by atoms with Crippen LogP contribution in [-0.4, -0.2) is 41.1 Å². The van der Waals surface area contributed by atoms with Crippen molar-refractivity contribution in [3.63, 3.8) is 0 Å². The Hall–Kier alpha value is -0.610. The summed E-state index contributed by atoms with van der Waals surface area (Å²) in [6, 6.07) is -0.169. The molecule has 0 bridgehead atoms. The highest BCUT2D eigenvalue weighted by atomic mass is 16.4. The fourth-order valence-electron chi connectivity index (χ4n) is 1.69. The van der Waals surface area contributed by atoms with E-state index in [0.717, 1.165) is 19.5 Å². The highest BCUT2D eigenvalue weighted by Gasteiger charge is 2.29. The molecular formula is C8H16N2O2. The number of nitrogens with zero attached hydrogens (tertiary/aromatic N) is 1. The van der Waals surface area contributed by atoms with Gasteiger partial charge in [0.1, 0.15) is 6.04 Å². The van der Waals surface area contributed by atoms with Crippen molar-refractivity contribution in [2.75, 3.05) is 13.1 Å². The summed E-state index contributed by atoms with van der Waals surface area (Å²) in [5, 5.41) is 8.84. The number of carboxylic acid groups (broad SMARTS) is 1. The second-order valence-corrected chi connectivity index (χ2v) is 3.31. The van der Waals surface area contributed by atoms with Gasteiger partial charge in [-0.15, -0.1) is 0 Å². The molecule has 1 aliphatic rings. The van der Waals surface area contributed by atoms with E-state index in [-0.39, 0.29) is 12.1 Å². The molecule has 0 aromatic heterocycles. The van der Waals surface area contributed by atoms with Crippen LogP contribution in [0.5, 0.6) is 0 Å². The molecule has 2 atom stereocenters. The molecule has 0 aromatic carbocycles. The lowest BCUT2D eigenvalue weighted by atomic mass is 10.2. The minimum absolute atomic E-state index is 0.165. The van der Waals surface area contributed by atoms with Crippen molar-refractivity contribution in [3.8, 4) is 0 Å². The summed E-state index contributed by atoms with van der Waals surface area (Å²) in [5.74, 6) is -0.730. The van der Waals surface area contributed by atoms with E-state index in [2.05, 4.69) is 0 Å². The molecule has 1 heterocycles. The van der Waals surface area contributed by atoms with Crippen LogP contribution < -0.4 is 5.73 Å². The van der Waals surface area contributed by atoms with Crippen molar-refractivity contribution < 1.29 is 9.90 Å². The average molecular weight is 172 g/mol. The van der Waals surface area contributed by atoms with Gasteiger partial charge in [-0.2, -0.15) is 0 Å². The largest absolute Gasteiger partial charge is 0.480 e. The van der Waals surface area contributed by atoms with Crippen LogP contribution >= 0.6 is 0 Å². The Morgan fingerprint density at radius 1 is 1.83 bits per heavy atom. The number of nitrogens with two attached hydrogens (primary N) is 1. The van der Waals surface area contributed by atoms with Crippen molar-refractivity contribution >= 4 is 5.97 Å². The number of likely N-dealkylation sites (tertiary alicyclic amines) is 1. The lowest BCUT2D eigenvalue weighted by Crippen LogP contribution is -2.40.